The van der Waals surface area contributed by atoms with Crippen LogP contribution in [0.3, 0.4) is 0 Å². The molecule has 17 atom stereocenters. The van der Waals surface area contributed by atoms with Gasteiger partial charge in [-0.1, -0.05) is 67.0 Å². The summed E-state index contributed by atoms with van der Waals surface area (Å²) in [5.74, 6) is -1.17. The van der Waals surface area contributed by atoms with Gasteiger partial charge in [0.05, 0.1) is 32.0 Å². The highest BCUT2D eigenvalue weighted by atomic mass is 28.4. The zero-order chi connectivity index (χ0) is 50.6. The molecule has 0 aromatic heterocycles. The van der Waals surface area contributed by atoms with Crippen molar-refractivity contribution in [3.05, 3.63) is 41.5 Å². The molecule has 1 aromatic rings. The zero-order valence-corrected chi connectivity index (χ0v) is 44.1. The van der Waals surface area contributed by atoms with Gasteiger partial charge in [-0.15, -0.1) is 0 Å². The highest BCUT2D eigenvalue weighted by Gasteiger charge is 2.71. The van der Waals surface area contributed by atoms with Crippen LogP contribution in [-0.2, 0) is 42.4 Å². The van der Waals surface area contributed by atoms with Gasteiger partial charge >= 0.3 is 11.9 Å². The first-order valence-corrected chi connectivity index (χ1v) is 28.4. The van der Waals surface area contributed by atoms with Crippen molar-refractivity contribution in [2.75, 3.05) is 20.3 Å². The molecule has 15 nitrogen and oxygen atoms in total. The minimum absolute atomic E-state index is 0.0352. The minimum Gasteiger partial charge on any atom is -0.497 e. The number of Topliss-reactive ketones (excluding diaryl/α,β-unsaturated/α-hetero) is 1. The molecule has 5 fully saturated rings. The Morgan fingerprint density at radius 2 is 1.52 bits per heavy atom. The second-order valence-electron chi connectivity index (χ2n) is 23.6. The van der Waals surface area contributed by atoms with E-state index < -0.39 is 99.1 Å². The number of methoxy groups -OCH3 is 1. The Labute approximate surface area is 410 Å². The monoisotopic (exact) mass is 987 g/mol. The summed E-state index contributed by atoms with van der Waals surface area (Å²) in [7, 11) is -0.488. The molecule has 7 rings (SSSR count). The van der Waals surface area contributed by atoms with Crippen LogP contribution in [0, 0.1) is 40.4 Å². The van der Waals surface area contributed by atoms with E-state index in [-0.39, 0.29) is 52.3 Å². The number of ether oxygens (including phenoxy) is 7. The molecule has 6 aliphatic rings. The van der Waals surface area contributed by atoms with Crippen LogP contribution in [-0.4, -0.2) is 134 Å². The van der Waals surface area contributed by atoms with Gasteiger partial charge in [0.25, 0.3) is 0 Å². The molecule has 2 aliphatic heterocycles. The predicted octanol–water partition coefficient (Wildman–Crippen LogP) is 7.05. The van der Waals surface area contributed by atoms with Gasteiger partial charge in [0, 0.05) is 30.8 Å². The summed E-state index contributed by atoms with van der Waals surface area (Å²) in [4.78, 5) is 40.6. The Bertz CT molecular complexity index is 2020. The highest BCUT2D eigenvalue weighted by Crippen LogP contribution is 2.69. The van der Waals surface area contributed by atoms with E-state index in [2.05, 4.69) is 67.6 Å². The van der Waals surface area contributed by atoms with E-state index in [1.807, 2.05) is 6.92 Å². The molecule has 2 saturated heterocycles. The third kappa shape index (κ3) is 10.4. The Balaban J connectivity index is 1.17. The largest absolute Gasteiger partial charge is 0.497 e. The number of carbonyl (C=O) groups is 3. The average Bonchev–Trinajstić information content (AvgIpc) is 3.52. The predicted molar refractivity (Wildman–Crippen MR) is 257 cm³/mol. The number of aliphatic hydroxyl groups is 4. The molecule has 0 radical (unpaired) electrons. The smallest absolute Gasteiger partial charge is 0.338 e. The van der Waals surface area contributed by atoms with Crippen molar-refractivity contribution in [3.8, 4) is 5.75 Å². The molecular weight excluding hydrogens is 905 g/mol. The Hall–Kier alpha value is -2.77. The number of allylic oxidation sites excluding steroid dienone is 1. The SMILES string of the molecule is COc1ccc(C(=O)O[C@H]2[C@H](O[C@@H]3[C@@H](OC(C)=O)[C@H](O[C@H]4C[C@H]5[C@@H]6CC=C7C[C@@H](O[Si](C)(C)C(C)(C)C)CC[C@]7(C)[C@H]6CC[C@]5(C)[C@@]4(O)[C@H](C)C(=O)CCC(C)C)OC[C@@H]3O)OC[C@@H](O)[C@@H]2O)cc1. The fourth-order valence-corrected chi connectivity index (χ4v) is 14.2. The van der Waals surface area contributed by atoms with Crippen molar-refractivity contribution >= 4 is 26.0 Å². The third-order valence-corrected chi connectivity index (χ3v) is 22.5. The zero-order valence-electron chi connectivity index (χ0n) is 43.1. The van der Waals surface area contributed by atoms with E-state index in [0.29, 0.717) is 37.4 Å². The van der Waals surface area contributed by atoms with E-state index in [0.717, 1.165) is 32.1 Å². The lowest BCUT2D eigenvalue weighted by atomic mass is 9.46. The summed E-state index contributed by atoms with van der Waals surface area (Å²) in [5.41, 5.74) is -0.844. The van der Waals surface area contributed by atoms with E-state index in [1.165, 1.54) is 31.7 Å². The van der Waals surface area contributed by atoms with Crippen molar-refractivity contribution in [1.82, 2.24) is 0 Å². The van der Waals surface area contributed by atoms with Crippen molar-refractivity contribution in [2.45, 2.75) is 205 Å². The van der Waals surface area contributed by atoms with Crippen molar-refractivity contribution < 1.29 is 72.4 Å². The van der Waals surface area contributed by atoms with Gasteiger partial charge in [0.15, 0.2) is 33.1 Å². The van der Waals surface area contributed by atoms with Crippen molar-refractivity contribution in [1.29, 1.82) is 0 Å². The van der Waals surface area contributed by atoms with Crippen molar-refractivity contribution in [3.63, 3.8) is 0 Å². The van der Waals surface area contributed by atoms with E-state index in [1.54, 1.807) is 12.1 Å². The molecule has 69 heavy (non-hydrogen) atoms. The lowest BCUT2D eigenvalue weighted by Crippen LogP contribution is -2.64. The quantitative estimate of drug-likeness (QED) is 0.0789. The first kappa shape index (κ1) is 54.0. The molecular formula is C53H82O15Si. The normalized spacial score (nSPS) is 39.6. The number of ketones is 1. The van der Waals surface area contributed by atoms with Gasteiger partial charge in [-0.2, -0.15) is 0 Å². The molecule has 4 N–H and O–H groups in total. The molecule has 1 aromatic carbocycles. The molecule has 2 heterocycles. The summed E-state index contributed by atoms with van der Waals surface area (Å²) >= 11 is 0. The number of esters is 2. The maximum absolute atomic E-state index is 14.3. The van der Waals surface area contributed by atoms with Crippen LogP contribution >= 0.6 is 0 Å². The topological polar surface area (TPSA) is 206 Å². The fourth-order valence-electron chi connectivity index (χ4n) is 12.8. The Kier molecular flexibility index (Phi) is 16.1. The second kappa shape index (κ2) is 20.6. The summed E-state index contributed by atoms with van der Waals surface area (Å²) in [5, 5.41) is 47.0. The fraction of sp³-hybridized carbons (Fsp3) is 0.792. The molecule has 4 aliphatic carbocycles. The van der Waals surface area contributed by atoms with Gasteiger partial charge in [0.2, 0.25) is 0 Å². The van der Waals surface area contributed by atoms with E-state index >= 15 is 0 Å². The summed E-state index contributed by atoms with van der Waals surface area (Å²) in [6, 6.07) is 6.08. The van der Waals surface area contributed by atoms with E-state index in [4.69, 9.17) is 37.6 Å². The number of benzene rings is 1. The number of hydrogen-bond acceptors (Lipinski definition) is 15. The Morgan fingerprint density at radius 1 is 0.870 bits per heavy atom. The number of hydrogen-bond donors (Lipinski definition) is 4. The maximum atomic E-state index is 14.3. The van der Waals surface area contributed by atoms with Crippen LogP contribution in [0.5, 0.6) is 5.75 Å². The van der Waals surface area contributed by atoms with Gasteiger partial charge in [-0.05, 0) is 123 Å². The standard InChI is InChI=1S/C53H82O15Si/c1-29(2)13-20-39(55)30(3)53(60)42(26-38-36-19-16-33-25-35(68-69(11,12)50(5,6)7)21-23-51(33,8)37(36)22-24-52(38,53)9)65-49-46(64-31(4)54)44(41(57)28-63-49)67-48-45(43(58)40(56)27-62-48)66-47(59)32-14-17-34(61-10)18-15-32/h14-18,29-30,35-38,40-46,48-49,56-58,60H,13,19-28H2,1-12H3/t30-,35+,36-,37+,38+,40-,41+,42+,43+,44+,45-,46-,48+,49+,51+,52+,53-/m1/s1. The average molecular weight is 987 g/mol. The molecule has 0 amide bonds. The first-order valence-electron chi connectivity index (χ1n) is 25.5. The van der Waals surface area contributed by atoms with Crippen LogP contribution < -0.4 is 4.74 Å². The molecule has 0 bridgehead atoms. The van der Waals surface area contributed by atoms with Gasteiger partial charge in [-0.25, -0.2) is 4.79 Å². The minimum atomic E-state index is -1.98. The number of aliphatic hydroxyl groups excluding tert-OH is 3. The van der Waals surface area contributed by atoms with Crippen LogP contribution in [0.4, 0.5) is 0 Å². The molecule has 16 heteroatoms. The van der Waals surface area contributed by atoms with Gasteiger partial charge in [-0.3, -0.25) is 9.59 Å². The van der Waals surface area contributed by atoms with Crippen LogP contribution in [0.1, 0.15) is 130 Å². The number of fused-ring (bicyclic) bond motifs is 5. The first-order chi connectivity index (χ1) is 32.2. The van der Waals surface area contributed by atoms with Crippen LogP contribution in [0.25, 0.3) is 0 Å². The molecule has 0 spiro atoms. The van der Waals surface area contributed by atoms with Crippen LogP contribution in [0.2, 0.25) is 18.1 Å². The Morgan fingerprint density at radius 3 is 2.14 bits per heavy atom. The summed E-state index contributed by atoms with van der Waals surface area (Å²) in [6.07, 6.45) is -3.58. The van der Waals surface area contributed by atoms with Crippen molar-refractivity contribution in [2.24, 2.45) is 40.4 Å². The summed E-state index contributed by atoms with van der Waals surface area (Å²) in [6.45, 7) is 22.5. The second-order valence-corrected chi connectivity index (χ2v) is 28.3. The maximum Gasteiger partial charge on any atom is 0.338 e. The van der Waals surface area contributed by atoms with Gasteiger partial charge in [0.1, 0.15) is 41.5 Å². The molecule has 3 saturated carbocycles. The summed E-state index contributed by atoms with van der Waals surface area (Å²) < 4.78 is 49.1. The molecule has 0 unspecified atom stereocenters. The molecule has 388 valence electrons. The van der Waals surface area contributed by atoms with Crippen LogP contribution in [0.15, 0.2) is 35.9 Å². The lowest BCUT2D eigenvalue weighted by Gasteiger charge is -2.60. The number of carbonyl (C=O) groups excluding carboxylic acids is 3. The number of rotatable bonds is 15. The third-order valence-electron chi connectivity index (χ3n) is 18.0. The highest BCUT2D eigenvalue weighted by molar-refractivity contribution is 6.74. The van der Waals surface area contributed by atoms with E-state index in [9.17, 15) is 34.8 Å². The lowest BCUT2D eigenvalue weighted by molar-refractivity contribution is -0.345. The van der Waals surface area contributed by atoms with Gasteiger partial charge < -0.3 is 58.0 Å².